The third-order valence-electron chi connectivity index (χ3n) is 5.13. The lowest BCUT2D eigenvalue weighted by atomic mass is 9.98. The van der Waals surface area contributed by atoms with Crippen LogP contribution in [-0.4, -0.2) is 66.1 Å². The highest BCUT2D eigenvalue weighted by Gasteiger charge is 2.32. The molecule has 0 bridgehead atoms. The molecule has 2 aliphatic rings. The molecule has 1 aromatic heterocycles. The quantitative estimate of drug-likeness (QED) is 0.800. The number of hydrogen-bond donors (Lipinski definition) is 1. The second kappa shape index (κ2) is 8.78. The third kappa shape index (κ3) is 4.59. The van der Waals surface area contributed by atoms with E-state index < -0.39 is 0 Å². The largest absolute Gasteiger partial charge is 0.378 e. The van der Waals surface area contributed by atoms with Gasteiger partial charge in [0, 0.05) is 57.4 Å². The number of rotatable bonds is 7. The number of aromatic nitrogens is 2. The number of nitrogens with zero attached hydrogens (tertiary/aromatic N) is 3. The molecule has 7 heteroatoms. The highest BCUT2D eigenvalue weighted by atomic mass is 16.5. The van der Waals surface area contributed by atoms with E-state index in [0.29, 0.717) is 38.6 Å². The molecule has 1 N–H and O–H groups in total. The van der Waals surface area contributed by atoms with Crippen LogP contribution in [0.2, 0.25) is 0 Å². The average molecular weight is 350 g/mol. The Bertz CT molecular complexity index is 556. The van der Waals surface area contributed by atoms with Gasteiger partial charge in [-0.2, -0.15) is 5.10 Å². The fourth-order valence-electron chi connectivity index (χ4n) is 3.65. The van der Waals surface area contributed by atoms with Gasteiger partial charge in [0.05, 0.1) is 18.9 Å². The van der Waals surface area contributed by atoms with Gasteiger partial charge in [-0.1, -0.05) is 0 Å². The summed E-state index contributed by atoms with van der Waals surface area (Å²) in [5.74, 6) is 0.634. The van der Waals surface area contributed by atoms with Crippen LogP contribution in [-0.2, 0) is 20.8 Å². The summed E-state index contributed by atoms with van der Waals surface area (Å²) >= 11 is 0. The number of ether oxygens (including phenoxy) is 2. The monoisotopic (exact) mass is 350 g/mol. The lowest BCUT2D eigenvalue weighted by Crippen LogP contribution is -2.43. The second-order valence-corrected chi connectivity index (χ2v) is 6.92. The Morgan fingerprint density at radius 2 is 2.20 bits per heavy atom. The molecular formula is C18H30N4O3. The van der Waals surface area contributed by atoms with Gasteiger partial charge in [-0.05, 0) is 26.3 Å². The highest BCUT2D eigenvalue weighted by molar-refractivity contribution is 5.76. The van der Waals surface area contributed by atoms with Crippen LogP contribution in [0.5, 0.6) is 0 Å². The summed E-state index contributed by atoms with van der Waals surface area (Å²) in [4.78, 5) is 14.2. The summed E-state index contributed by atoms with van der Waals surface area (Å²) in [5.41, 5.74) is 1.16. The van der Waals surface area contributed by atoms with E-state index in [9.17, 15) is 4.79 Å². The van der Waals surface area contributed by atoms with Crippen molar-refractivity contribution in [3.8, 4) is 0 Å². The van der Waals surface area contributed by atoms with Crippen LogP contribution in [0.15, 0.2) is 12.3 Å². The standard InChI is InChI=1S/C18H30N4O3/c1-3-22-16(4-6-20-22)18-15(5-9-25-18)13-19-14(2)12-17(23)21-7-10-24-11-8-21/h4,6,14-15,18-19H,3,5,7-13H2,1-2H3/t14-,15+,18-/m1/s1. The van der Waals surface area contributed by atoms with Gasteiger partial charge in [0.2, 0.25) is 5.91 Å². The Morgan fingerprint density at radius 1 is 1.40 bits per heavy atom. The van der Waals surface area contributed by atoms with Gasteiger partial charge in [-0.25, -0.2) is 0 Å². The Kier molecular flexibility index (Phi) is 6.45. The number of carbonyl (C=O) groups is 1. The van der Waals surface area contributed by atoms with Crippen molar-refractivity contribution in [2.24, 2.45) is 5.92 Å². The molecule has 3 atom stereocenters. The summed E-state index contributed by atoms with van der Waals surface area (Å²) < 4.78 is 13.3. The minimum Gasteiger partial charge on any atom is -0.378 e. The Hall–Kier alpha value is -1.44. The van der Waals surface area contributed by atoms with Gasteiger partial charge in [0.1, 0.15) is 6.10 Å². The molecule has 0 saturated carbocycles. The molecule has 0 spiro atoms. The first-order valence-electron chi connectivity index (χ1n) is 9.41. The molecule has 0 aliphatic carbocycles. The van der Waals surface area contributed by atoms with Crippen molar-refractivity contribution in [2.45, 2.75) is 45.4 Å². The van der Waals surface area contributed by atoms with Crippen molar-refractivity contribution in [3.63, 3.8) is 0 Å². The van der Waals surface area contributed by atoms with Gasteiger partial charge >= 0.3 is 0 Å². The molecule has 0 unspecified atom stereocenters. The van der Waals surface area contributed by atoms with Gasteiger partial charge in [-0.3, -0.25) is 9.48 Å². The van der Waals surface area contributed by atoms with Crippen LogP contribution >= 0.6 is 0 Å². The maximum atomic E-state index is 12.3. The minimum atomic E-state index is 0.0945. The molecule has 2 aliphatic heterocycles. The second-order valence-electron chi connectivity index (χ2n) is 6.92. The van der Waals surface area contributed by atoms with E-state index in [0.717, 1.165) is 31.8 Å². The normalized spacial score (nSPS) is 25.3. The zero-order valence-electron chi connectivity index (χ0n) is 15.3. The molecular weight excluding hydrogens is 320 g/mol. The Balaban J connectivity index is 1.47. The van der Waals surface area contributed by atoms with Crippen LogP contribution < -0.4 is 5.32 Å². The molecule has 140 valence electrons. The van der Waals surface area contributed by atoms with Crippen molar-refractivity contribution in [2.75, 3.05) is 39.5 Å². The summed E-state index contributed by atoms with van der Waals surface area (Å²) in [7, 11) is 0. The first kappa shape index (κ1) is 18.4. The number of hydrogen-bond acceptors (Lipinski definition) is 5. The summed E-state index contributed by atoms with van der Waals surface area (Å²) in [6, 6.07) is 2.21. The maximum absolute atomic E-state index is 12.3. The lowest BCUT2D eigenvalue weighted by Gasteiger charge is -2.28. The molecule has 2 fully saturated rings. The lowest BCUT2D eigenvalue weighted by molar-refractivity contribution is -0.135. The summed E-state index contributed by atoms with van der Waals surface area (Å²) in [6.45, 7) is 9.41. The van der Waals surface area contributed by atoms with Crippen molar-refractivity contribution in [1.29, 1.82) is 0 Å². The van der Waals surface area contributed by atoms with E-state index in [2.05, 4.69) is 30.3 Å². The van der Waals surface area contributed by atoms with Crippen LogP contribution in [0.3, 0.4) is 0 Å². The van der Waals surface area contributed by atoms with E-state index in [4.69, 9.17) is 9.47 Å². The topological polar surface area (TPSA) is 68.6 Å². The fourth-order valence-corrected chi connectivity index (χ4v) is 3.65. The maximum Gasteiger partial charge on any atom is 0.224 e. The first-order valence-corrected chi connectivity index (χ1v) is 9.41. The third-order valence-corrected chi connectivity index (χ3v) is 5.13. The van der Waals surface area contributed by atoms with Gasteiger partial charge < -0.3 is 19.7 Å². The average Bonchev–Trinajstić information content (AvgIpc) is 3.28. The van der Waals surface area contributed by atoms with Crippen LogP contribution in [0.4, 0.5) is 0 Å². The number of aryl methyl sites for hydroxylation is 1. The molecule has 0 aromatic carbocycles. The molecule has 3 rings (SSSR count). The van der Waals surface area contributed by atoms with Crippen LogP contribution in [0.1, 0.15) is 38.5 Å². The van der Waals surface area contributed by atoms with E-state index in [1.54, 1.807) is 0 Å². The van der Waals surface area contributed by atoms with Gasteiger partial charge in [0.15, 0.2) is 0 Å². The van der Waals surface area contributed by atoms with E-state index in [-0.39, 0.29) is 18.1 Å². The van der Waals surface area contributed by atoms with Crippen LogP contribution in [0, 0.1) is 5.92 Å². The Labute approximate surface area is 149 Å². The summed E-state index contributed by atoms with van der Waals surface area (Å²) in [6.07, 6.45) is 3.51. The summed E-state index contributed by atoms with van der Waals surface area (Å²) in [5, 5.41) is 7.89. The number of amides is 1. The highest BCUT2D eigenvalue weighted by Crippen LogP contribution is 2.34. The van der Waals surface area contributed by atoms with Crippen molar-refractivity contribution >= 4 is 5.91 Å². The van der Waals surface area contributed by atoms with Gasteiger partial charge in [-0.15, -0.1) is 0 Å². The van der Waals surface area contributed by atoms with Crippen molar-refractivity contribution in [3.05, 3.63) is 18.0 Å². The molecule has 1 amide bonds. The molecule has 0 radical (unpaired) electrons. The predicted octanol–water partition coefficient (Wildman–Crippen LogP) is 1.21. The molecule has 25 heavy (non-hydrogen) atoms. The predicted molar refractivity (Wildman–Crippen MR) is 94.2 cm³/mol. The Morgan fingerprint density at radius 3 is 2.96 bits per heavy atom. The SMILES string of the molecule is CCn1nccc1[C@@H]1OCC[C@H]1CN[C@H](C)CC(=O)N1CCOCC1. The van der Waals surface area contributed by atoms with Crippen molar-refractivity contribution < 1.29 is 14.3 Å². The van der Waals surface area contributed by atoms with Crippen molar-refractivity contribution in [1.82, 2.24) is 20.0 Å². The number of carbonyl (C=O) groups excluding carboxylic acids is 1. The van der Waals surface area contributed by atoms with E-state index >= 15 is 0 Å². The molecule has 3 heterocycles. The van der Waals surface area contributed by atoms with E-state index in [1.165, 1.54) is 0 Å². The molecule has 7 nitrogen and oxygen atoms in total. The molecule has 1 aromatic rings. The van der Waals surface area contributed by atoms with Crippen LogP contribution in [0.25, 0.3) is 0 Å². The van der Waals surface area contributed by atoms with Gasteiger partial charge in [0.25, 0.3) is 0 Å². The van der Waals surface area contributed by atoms with E-state index in [1.807, 2.05) is 15.8 Å². The smallest absolute Gasteiger partial charge is 0.224 e. The minimum absolute atomic E-state index is 0.0945. The zero-order chi connectivity index (χ0) is 17.6. The fraction of sp³-hybridized carbons (Fsp3) is 0.778. The zero-order valence-corrected chi connectivity index (χ0v) is 15.3. The number of morpholine rings is 1. The first-order chi connectivity index (χ1) is 12.2. The molecule has 2 saturated heterocycles. The number of nitrogens with one attached hydrogen (secondary N) is 1.